The van der Waals surface area contributed by atoms with Crippen LogP contribution < -0.4 is 5.32 Å². The van der Waals surface area contributed by atoms with Gasteiger partial charge in [-0.15, -0.1) is 0 Å². The molecule has 2 rings (SSSR count). The fourth-order valence-corrected chi connectivity index (χ4v) is 2.62. The molecule has 1 heterocycles. The van der Waals surface area contributed by atoms with Crippen molar-refractivity contribution in [1.82, 2.24) is 10.2 Å². The first-order valence-electron chi connectivity index (χ1n) is 6.45. The number of hydrogen-bond acceptors (Lipinski definition) is 2. The molecule has 1 N–H and O–H groups in total. The summed E-state index contributed by atoms with van der Waals surface area (Å²) in [5, 5.41) is 2.99. The van der Waals surface area contributed by atoms with Gasteiger partial charge >= 0.3 is 0 Å². The Balaban J connectivity index is 1.61. The molecular weight excluding hydrogens is 226 g/mol. The van der Waals surface area contributed by atoms with E-state index < -0.39 is 12.3 Å². The molecule has 0 aromatic heterocycles. The van der Waals surface area contributed by atoms with Crippen molar-refractivity contribution in [3.8, 4) is 0 Å². The molecule has 3 nitrogen and oxygen atoms in total. The van der Waals surface area contributed by atoms with Crippen molar-refractivity contribution < 1.29 is 13.6 Å². The van der Waals surface area contributed by atoms with Crippen LogP contribution in [0, 0.1) is 5.92 Å². The molecule has 1 aliphatic carbocycles. The molecule has 1 saturated carbocycles. The lowest BCUT2D eigenvalue weighted by molar-refractivity contribution is -0.126. The first kappa shape index (κ1) is 12.7. The predicted molar refractivity (Wildman–Crippen MR) is 60.9 cm³/mol. The van der Waals surface area contributed by atoms with Crippen LogP contribution in [-0.2, 0) is 4.79 Å². The van der Waals surface area contributed by atoms with Crippen molar-refractivity contribution >= 4 is 5.91 Å². The summed E-state index contributed by atoms with van der Waals surface area (Å²) in [6.07, 6.45) is 3.50. The third-order valence-electron chi connectivity index (χ3n) is 3.68. The Bertz CT molecular complexity index is 261. The maximum atomic E-state index is 12.2. The van der Waals surface area contributed by atoms with Crippen LogP contribution in [0.5, 0.6) is 0 Å². The molecule has 2 fully saturated rings. The number of nitrogens with one attached hydrogen (secondary N) is 1. The van der Waals surface area contributed by atoms with E-state index in [0.717, 1.165) is 12.8 Å². The lowest BCUT2D eigenvalue weighted by atomic mass is 9.95. The molecule has 5 heteroatoms. The van der Waals surface area contributed by atoms with Gasteiger partial charge in [-0.1, -0.05) is 19.3 Å². The van der Waals surface area contributed by atoms with Crippen LogP contribution in [0.4, 0.5) is 8.78 Å². The molecule has 17 heavy (non-hydrogen) atoms. The number of amides is 1. The molecule has 1 saturated heterocycles. The second-order valence-electron chi connectivity index (χ2n) is 5.19. The Kier molecular flexibility index (Phi) is 4.31. The number of carbonyl (C=O) groups is 1. The summed E-state index contributed by atoms with van der Waals surface area (Å²) in [7, 11) is 0. The zero-order valence-electron chi connectivity index (χ0n) is 10.0. The third kappa shape index (κ3) is 3.63. The molecular formula is C12H20F2N2O. The lowest BCUT2D eigenvalue weighted by Gasteiger charge is -2.38. The summed E-state index contributed by atoms with van der Waals surface area (Å²) in [4.78, 5) is 13.4. The molecule has 0 atom stereocenters. The molecule has 0 unspecified atom stereocenters. The number of alkyl halides is 2. The molecule has 0 aromatic carbocycles. The van der Waals surface area contributed by atoms with Crippen molar-refractivity contribution in [2.24, 2.45) is 5.92 Å². The minimum absolute atomic E-state index is 0.00961. The second kappa shape index (κ2) is 5.76. The van der Waals surface area contributed by atoms with Crippen molar-refractivity contribution in [3.05, 3.63) is 0 Å². The maximum Gasteiger partial charge on any atom is 0.243 e. The highest BCUT2D eigenvalue weighted by Gasteiger charge is 2.34. The Hall–Kier alpha value is -0.710. The molecule has 98 valence electrons. The van der Waals surface area contributed by atoms with Gasteiger partial charge in [-0.3, -0.25) is 9.69 Å². The highest BCUT2D eigenvalue weighted by Crippen LogP contribution is 2.22. The van der Waals surface area contributed by atoms with Crippen molar-refractivity contribution in [2.45, 2.75) is 44.6 Å². The number of rotatable bonds is 4. The predicted octanol–water partition coefficient (Wildman–Crippen LogP) is 1.63. The topological polar surface area (TPSA) is 32.3 Å². The number of likely N-dealkylation sites (tertiary alicyclic amines) is 1. The van der Waals surface area contributed by atoms with Crippen LogP contribution in [0.1, 0.15) is 32.1 Å². The highest BCUT2D eigenvalue weighted by molar-refractivity contribution is 5.78. The van der Waals surface area contributed by atoms with Gasteiger partial charge in [0.15, 0.2) is 0 Å². The van der Waals surface area contributed by atoms with Gasteiger partial charge in [-0.05, 0) is 12.8 Å². The average molecular weight is 246 g/mol. The van der Waals surface area contributed by atoms with Gasteiger partial charge in [0.2, 0.25) is 12.3 Å². The normalized spacial score (nSPS) is 23.7. The molecule has 1 amide bonds. The van der Waals surface area contributed by atoms with Gasteiger partial charge in [0.25, 0.3) is 0 Å². The summed E-state index contributed by atoms with van der Waals surface area (Å²) in [5.41, 5.74) is 0. The van der Waals surface area contributed by atoms with E-state index in [1.165, 1.54) is 19.3 Å². The molecule has 0 radical (unpaired) electrons. The number of halogens is 2. The van der Waals surface area contributed by atoms with E-state index >= 15 is 0 Å². The van der Waals surface area contributed by atoms with Gasteiger partial charge in [-0.2, -0.15) is 0 Å². The summed E-state index contributed by atoms with van der Waals surface area (Å²) in [6, 6.07) is 0.309. The van der Waals surface area contributed by atoms with Crippen LogP contribution in [-0.4, -0.2) is 42.9 Å². The molecule has 2 aliphatic rings. The minimum atomic E-state index is -2.24. The fraction of sp³-hybridized carbons (Fsp3) is 0.917. The molecule has 1 aliphatic heterocycles. The Labute approximate surface area is 101 Å². The van der Waals surface area contributed by atoms with Gasteiger partial charge in [0.05, 0.1) is 6.54 Å². The number of hydrogen-bond donors (Lipinski definition) is 1. The Morgan fingerprint density at radius 1 is 1.24 bits per heavy atom. The zero-order valence-corrected chi connectivity index (χ0v) is 10.0. The highest BCUT2D eigenvalue weighted by atomic mass is 19.3. The van der Waals surface area contributed by atoms with E-state index in [1.54, 1.807) is 4.90 Å². The van der Waals surface area contributed by atoms with Gasteiger partial charge < -0.3 is 5.32 Å². The van der Waals surface area contributed by atoms with Crippen LogP contribution in [0.2, 0.25) is 0 Å². The van der Waals surface area contributed by atoms with Gasteiger partial charge in [-0.25, -0.2) is 8.78 Å². The zero-order chi connectivity index (χ0) is 12.3. The Morgan fingerprint density at radius 2 is 1.88 bits per heavy atom. The quantitative estimate of drug-likeness (QED) is 0.817. The molecule has 0 bridgehead atoms. The number of carbonyl (C=O) groups excluding carboxylic acids is 1. The van der Waals surface area contributed by atoms with Crippen LogP contribution in [0.25, 0.3) is 0 Å². The first-order chi connectivity index (χ1) is 8.15. The van der Waals surface area contributed by atoms with E-state index in [0.29, 0.717) is 19.1 Å². The molecule has 0 aromatic rings. The monoisotopic (exact) mass is 246 g/mol. The van der Waals surface area contributed by atoms with Crippen LogP contribution >= 0.6 is 0 Å². The standard InChI is InChI=1S/C12H20F2N2O/c13-12(14)9-6-16(7-9)8-11(17)15-10-4-2-1-3-5-10/h9-10,12H,1-8H2,(H,15,17). The Morgan fingerprint density at radius 3 is 2.47 bits per heavy atom. The van der Waals surface area contributed by atoms with E-state index in [4.69, 9.17) is 0 Å². The fourth-order valence-electron chi connectivity index (χ4n) is 2.62. The largest absolute Gasteiger partial charge is 0.352 e. The second-order valence-corrected chi connectivity index (χ2v) is 5.19. The first-order valence-corrected chi connectivity index (χ1v) is 6.45. The van der Waals surface area contributed by atoms with Crippen molar-refractivity contribution in [3.63, 3.8) is 0 Å². The van der Waals surface area contributed by atoms with E-state index in [-0.39, 0.29) is 12.5 Å². The summed E-state index contributed by atoms with van der Waals surface area (Å²) >= 11 is 0. The van der Waals surface area contributed by atoms with Crippen LogP contribution in [0.15, 0.2) is 0 Å². The maximum absolute atomic E-state index is 12.2. The summed E-state index contributed by atoms with van der Waals surface area (Å²) in [6.45, 7) is 0.991. The van der Waals surface area contributed by atoms with Gasteiger partial charge in [0.1, 0.15) is 0 Å². The third-order valence-corrected chi connectivity index (χ3v) is 3.68. The van der Waals surface area contributed by atoms with Crippen molar-refractivity contribution in [1.29, 1.82) is 0 Å². The van der Waals surface area contributed by atoms with Gasteiger partial charge in [0, 0.05) is 25.0 Å². The van der Waals surface area contributed by atoms with E-state index in [1.807, 2.05) is 0 Å². The van der Waals surface area contributed by atoms with E-state index in [9.17, 15) is 13.6 Å². The smallest absolute Gasteiger partial charge is 0.243 e. The SMILES string of the molecule is O=C(CN1CC(C(F)F)C1)NC1CCCCC1. The minimum Gasteiger partial charge on any atom is -0.352 e. The average Bonchev–Trinajstić information content (AvgIpc) is 2.23. The lowest BCUT2D eigenvalue weighted by Crippen LogP contribution is -2.54. The summed E-state index contributed by atoms with van der Waals surface area (Å²) < 4.78 is 24.5. The van der Waals surface area contributed by atoms with Crippen LogP contribution in [0.3, 0.4) is 0 Å². The molecule has 0 spiro atoms. The number of nitrogens with zero attached hydrogens (tertiary/aromatic N) is 1. The van der Waals surface area contributed by atoms with Crippen molar-refractivity contribution in [2.75, 3.05) is 19.6 Å². The summed E-state index contributed by atoms with van der Waals surface area (Å²) in [5.74, 6) is -0.540. The van der Waals surface area contributed by atoms with E-state index in [2.05, 4.69) is 5.32 Å².